The van der Waals surface area contributed by atoms with E-state index < -0.39 is 5.41 Å². The van der Waals surface area contributed by atoms with Gasteiger partial charge in [-0.05, 0) is 36.9 Å². The normalized spacial score (nSPS) is 18.4. The van der Waals surface area contributed by atoms with Crippen molar-refractivity contribution in [2.75, 3.05) is 0 Å². The Balaban J connectivity index is 2.46. The van der Waals surface area contributed by atoms with Crippen LogP contribution in [0.2, 0.25) is 10.4 Å². The zero-order valence-electron chi connectivity index (χ0n) is 7.30. The second-order valence-corrected chi connectivity index (χ2v) is 4.12. The van der Waals surface area contributed by atoms with Crippen LogP contribution in [0.25, 0.3) is 0 Å². The van der Waals surface area contributed by atoms with Gasteiger partial charge in [-0.1, -0.05) is 11.6 Å². The van der Waals surface area contributed by atoms with Gasteiger partial charge in [-0.3, -0.25) is 0 Å². The number of hydrogen-bond acceptors (Lipinski definition) is 3. The molecule has 0 bridgehead atoms. The minimum atomic E-state index is -0.476. The van der Waals surface area contributed by atoms with Gasteiger partial charge in [0.15, 0.2) is 0 Å². The number of halogens is 2. The Kier molecular flexibility index (Phi) is 2.34. The highest BCUT2D eigenvalue weighted by molar-refractivity contribution is 6.31. The Labute approximate surface area is 91.7 Å². The summed E-state index contributed by atoms with van der Waals surface area (Å²) in [6, 6.07) is 3.90. The van der Waals surface area contributed by atoms with Crippen molar-refractivity contribution < 1.29 is 0 Å². The zero-order valence-corrected chi connectivity index (χ0v) is 8.81. The molecule has 14 heavy (non-hydrogen) atoms. The van der Waals surface area contributed by atoms with Crippen molar-refractivity contribution in [3.8, 4) is 6.07 Å². The molecule has 1 aliphatic carbocycles. The Bertz CT molecular complexity index is 387. The number of hydrogen-bond donors (Lipinski definition) is 0. The molecule has 72 valence electrons. The third-order valence-electron chi connectivity index (χ3n) is 2.58. The number of rotatable bonds is 1. The number of nitrogens with zero attached hydrogens (tertiary/aromatic N) is 3. The maximum Gasteiger partial charge on any atom is 0.224 e. The Hall–Kier alpha value is -0.850. The molecule has 1 saturated carbocycles. The molecular weight excluding hydrogens is 221 g/mol. The van der Waals surface area contributed by atoms with Crippen molar-refractivity contribution in [2.24, 2.45) is 0 Å². The smallest absolute Gasteiger partial charge is 0.221 e. The Morgan fingerprint density at radius 3 is 2.50 bits per heavy atom. The van der Waals surface area contributed by atoms with Gasteiger partial charge in [-0.2, -0.15) is 5.26 Å². The van der Waals surface area contributed by atoms with Crippen molar-refractivity contribution in [1.82, 2.24) is 9.97 Å². The van der Waals surface area contributed by atoms with Crippen LogP contribution in [-0.4, -0.2) is 9.97 Å². The number of aromatic nitrogens is 2. The fraction of sp³-hybridized carbons (Fsp3) is 0.444. The largest absolute Gasteiger partial charge is 0.224 e. The van der Waals surface area contributed by atoms with Gasteiger partial charge in [-0.15, -0.1) is 0 Å². The fourth-order valence-corrected chi connectivity index (χ4v) is 2.00. The highest BCUT2D eigenvalue weighted by Crippen LogP contribution is 2.42. The van der Waals surface area contributed by atoms with Crippen LogP contribution < -0.4 is 0 Å². The van der Waals surface area contributed by atoms with E-state index in [1.807, 2.05) is 0 Å². The average Bonchev–Trinajstić information content (AvgIpc) is 2.01. The molecule has 3 nitrogen and oxygen atoms in total. The first-order valence-corrected chi connectivity index (χ1v) is 5.04. The lowest BCUT2D eigenvalue weighted by Gasteiger charge is -2.34. The van der Waals surface area contributed by atoms with Gasteiger partial charge in [-0.25, -0.2) is 9.97 Å². The second kappa shape index (κ2) is 3.38. The summed E-state index contributed by atoms with van der Waals surface area (Å²) in [6.07, 6.45) is 2.70. The van der Waals surface area contributed by atoms with Crippen LogP contribution in [0.5, 0.6) is 0 Å². The lowest BCUT2D eigenvalue weighted by molar-refractivity contribution is 0.315. The summed E-state index contributed by atoms with van der Waals surface area (Å²) in [5.41, 5.74) is 0.173. The first-order valence-electron chi connectivity index (χ1n) is 4.28. The highest BCUT2D eigenvalue weighted by atomic mass is 35.5. The van der Waals surface area contributed by atoms with Gasteiger partial charge in [0.05, 0.1) is 17.2 Å². The Morgan fingerprint density at radius 2 is 2.07 bits per heavy atom. The molecule has 0 spiro atoms. The first-order chi connectivity index (χ1) is 6.66. The maximum atomic E-state index is 9.08. The molecule has 0 aromatic carbocycles. The lowest BCUT2D eigenvalue weighted by Crippen LogP contribution is -2.33. The third kappa shape index (κ3) is 1.45. The van der Waals surface area contributed by atoms with Crippen LogP contribution in [0, 0.1) is 11.3 Å². The van der Waals surface area contributed by atoms with E-state index in [-0.39, 0.29) is 5.28 Å². The minimum absolute atomic E-state index is 0.106. The lowest BCUT2D eigenvalue weighted by atomic mass is 9.68. The molecule has 0 aliphatic heterocycles. The molecule has 0 N–H and O–H groups in total. The predicted octanol–water partition coefficient (Wildman–Crippen LogP) is 2.73. The van der Waals surface area contributed by atoms with Crippen LogP contribution >= 0.6 is 23.2 Å². The molecule has 1 fully saturated rings. The molecule has 1 aliphatic rings. The fourth-order valence-electron chi connectivity index (χ4n) is 1.59. The zero-order chi connectivity index (χ0) is 10.2. The van der Waals surface area contributed by atoms with Crippen molar-refractivity contribution in [3.05, 3.63) is 22.2 Å². The quantitative estimate of drug-likeness (QED) is 0.548. The molecule has 0 atom stereocenters. The van der Waals surface area contributed by atoms with Gasteiger partial charge < -0.3 is 0 Å². The molecule has 0 amide bonds. The van der Waals surface area contributed by atoms with E-state index in [0.717, 1.165) is 19.3 Å². The summed E-state index contributed by atoms with van der Waals surface area (Å²) >= 11 is 11.4. The first kappa shape index (κ1) is 9.70. The van der Waals surface area contributed by atoms with E-state index >= 15 is 0 Å². The van der Waals surface area contributed by atoms with Crippen LogP contribution in [0.15, 0.2) is 6.07 Å². The summed E-state index contributed by atoms with van der Waals surface area (Å²) in [5.74, 6) is 0. The van der Waals surface area contributed by atoms with Crippen molar-refractivity contribution in [1.29, 1.82) is 5.26 Å². The minimum Gasteiger partial charge on any atom is -0.221 e. The predicted molar refractivity (Wildman–Crippen MR) is 53.2 cm³/mol. The van der Waals surface area contributed by atoms with Gasteiger partial charge in [0.2, 0.25) is 5.28 Å². The molecule has 0 radical (unpaired) electrons. The second-order valence-electron chi connectivity index (χ2n) is 3.39. The van der Waals surface area contributed by atoms with Gasteiger partial charge >= 0.3 is 0 Å². The van der Waals surface area contributed by atoms with Gasteiger partial charge in [0.1, 0.15) is 5.15 Å². The van der Waals surface area contributed by atoms with Crippen LogP contribution in [0.3, 0.4) is 0 Å². The molecular formula is C9H7Cl2N3. The molecule has 5 heteroatoms. The van der Waals surface area contributed by atoms with E-state index in [9.17, 15) is 0 Å². The highest BCUT2D eigenvalue weighted by Gasteiger charge is 2.40. The van der Waals surface area contributed by atoms with Crippen molar-refractivity contribution >= 4 is 23.2 Å². The summed E-state index contributed by atoms with van der Waals surface area (Å²) in [5, 5.41) is 9.47. The van der Waals surface area contributed by atoms with E-state index in [4.69, 9.17) is 28.5 Å². The standard InChI is InChI=1S/C9H7Cl2N3/c10-7-4-6(13-8(11)14-7)9(5-12)2-1-3-9/h4H,1-3H2. The molecule has 0 unspecified atom stereocenters. The SMILES string of the molecule is N#CC1(c2cc(Cl)nc(Cl)n2)CCC1. The van der Waals surface area contributed by atoms with Crippen molar-refractivity contribution in [3.63, 3.8) is 0 Å². The molecule has 0 saturated heterocycles. The summed E-state index contributed by atoms with van der Waals surface area (Å²) in [7, 11) is 0. The topological polar surface area (TPSA) is 49.6 Å². The third-order valence-corrected chi connectivity index (χ3v) is 2.94. The number of nitriles is 1. The summed E-state index contributed by atoms with van der Waals surface area (Å²) in [4.78, 5) is 7.80. The molecule has 1 aromatic rings. The van der Waals surface area contributed by atoms with Crippen LogP contribution in [0.4, 0.5) is 0 Å². The molecule has 1 heterocycles. The van der Waals surface area contributed by atoms with E-state index in [1.165, 1.54) is 0 Å². The van der Waals surface area contributed by atoms with Gasteiger partial charge in [0.25, 0.3) is 0 Å². The summed E-state index contributed by atoms with van der Waals surface area (Å²) in [6.45, 7) is 0. The van der Waals surface area contributed by atoms with E-state index in [2.05, 4.69) is 16.0 Å². The van der Waals surface area contributed by atoms with Crippen LogP contribution in [-0.2, 0) is 5.41 Å². The van der Waals surface area contributed by atoms with E-state index in [1.54, 1.807) is 6.07 Å². The van der Waals surface area contributed by atoms with Crippen molar-refractivity contribution in [2.45, 2.75) is 24.7 Å². The Morgan fingerprint density at radius 1 is 1.36 bits per heavy atom. The van der Waals surface area contributed by atoms with E-state index in [0.29, 0.717) is 10.8 Å². The average molecular weight is 228 g/mol. The monoisotopic (exact) mass is 227 g/mol. The molecule has 1 aromatic heterocycles. The maximum absolute atomic E-state index is 9.08. The van der Waals surface area contributed by atoms with Crippen LogP contribution in [0.1, 0.15) is 25.0 Å². The summed E-state index contributed by atoms with van der Waals surface area (Å²) < 4.78 is 0. The molecule has 2 rings (SSSR count). The van der Waals surface area contributed by atoms with Gasteiger partial charge in [0, 0.05) is 0 Å².